The molecule has 1 aromatic carbocycles. The van der Waals surface area contributed by atoms with Crippen LogP contribution in [-0.4, -0.2) is 18.3 Å². The maximum atomic E-state index is 11.7. The molecule has 2 rings (SSSR count). The average molecular weight is 245 g/mol. The summed E-state index contributed by atoms with van der Waals surface area (Å²) in [5.74, 6) is -0.483. The maximum absolute atomic E-state index is 11.7. The number of nitrogens with zero attached hydrogens (tertiary/aromatic N) is 3. The third-order valence-electron chi connectivity index (χ3n) is 2.59. The van der Waals surface area contributed by atoms with Gasteiger partial charge in [-0.1, -0.05) is 17.2 Å². The van der Waals surface area contributed by atoms with Crippen LogP contribution in [-0.2, 0) is 4.79 Å². The lowest BCUT2D eigenvalue weighted by Gasteiger charge is -2.07. The maximum Gasteiger partial charge on any atom is 0.314 e. The lowest BCUT2D eigenvalue weighted by molar-refractivity contribution is -0.135. The van der Waals surface area contributed by atoms with Crippen molar-refractivity contribution in [3.63, 3.8) is 0 Å². The highest BCUT2D eigenvalue weighted by Crippen LogP contribution is 2.31. The number of esters is 1. The van der Waals surface area contributed by atoms with Gasteiger partial charge < -0.3 is 4.74 Å². The smallest absolute Gasteiger partial charge is 0.314 e. The van der Waals surface area contributed by atoms with Gasteiger partial charge in [0.25, 0.3) is 0 Å². The van der Waals surface area contributed by atoms with E-state index in [9.17, 15) is 9.59 Å². The summed E-state index contributed by atoms with van der Waals surface area (Å²) < 4.78 is 5.18. The normalized spacial score (nSPS) is 13.6. The number of ether oxygens (including phenoxy) is 1. The zero-order valence-corrected chi connectivity index (χ0v) is 9.57. The van der Waals surface area contributed by atoms with E-state index in [1.165, 1.54) is 0 Å². The van der Waals surface area contributed by atoms with E-state index in [0.29, 0.717) is 0 Å². The molecule has 0 N–H and O–H groups in total. The standard InChI is InChI=1S/C12H11N3O3/c13-15-14-7-10(16)9-3-1-2-4-11(9)18-12(17)8-5-6-8/h1-4,8H,5-7H2. The van der Waals surface area contributed by atoms with Crippen molar-refractivity contribution in [2.24, 2.45) is 11.0 Å². The topological polar surface area (TPSA) is 92.1 Å². The Hall–Kier alpha value is -2.33. The van der Waals surface area contributed by atoms with Gasteiger partial charge in [-0.05, 0) is 30.5 Å². The summed E-state index contributed by atoms with van der Waals surface area (Å²) in [6.45, 7) is -0.283. The number of rotatable bonds is 5. The van der Waals surface area contributed by atoms with E-state index in [1.54, 1.807) is 24.3 Å². The second-order valence-corrected chi connectivity index (χ2v) is 4.00. The molecule has 1 aliphatic rings. The zero-order valence-electron chi connectivity index (χ0n) is 9.57. The van der Waals surface area contributed by atoms with Crippen molar-refractivity contribution in [2.45, 2.75) is 12.8 Å². The summed E-state index contributed by atoms with van der Waals surface area (Å²) in [4.78, 5) is 25.8. The third-order valence-corrected chi connectivity index (χ3v) is 2.59. The third kappa shape index (κ3) is 2.87. The van der Waals surface area contributed by atoms with Crippen molar-refractivity contribution in [1.82, 2.24) is 0 Å². The minimum absolute atomic E-state index is 0.0368. The molecule has 6 nitrogen and oxygen atoms in total. The number of Topliss-reactive ketones (excluding diaryl/α,β-unsaturated/α-hetero) is 1. The molecule has 1 saturated carbocycles. The van der Waals surface area contributed by atoms with Crippen molar-refractivity contribution in [3.8, 4) is 5.75 Å². The lowest BCUT2D eigenvalue weighted by atomic mass is 10.1. The highest BCUT2D eigenvalue weighted by Gasteiger charge is 2.32. The van der Waals surface area contributed by atoms with Gasteiger partial charge in [-0.15, -0.1) is 0 Å². The Morgan fingerprint density at radius 1 is 1.39 bits per heavy atom. The van der Waals surface area contributed by atoms with E-state index < -0.39 is 0 Å². The molecule has 0 aromatic heterocycles. The lowest BCUT2D eigenvalue weighted by Crippen LogP contribution is -2.13. The van der Waals surface area contributed by atoms with Gasteiger partial charge in [-0.25, -0.2) is 0 Å². The molecule has 0 unspecified atom stereocenters. The summed E-state index contributed by atoms with van der Waals surface area (Å²) in [6.07, 6.45) is 1.68. The average Bonchev–Trinajstić information content (AvgIpc) is 3.20. The van der Waals surface area contributed by atoms with Gasteiger partial charge in [-0.3, -0.25) is 9.59 Å². The van der Waals surface area contributed by atoms with Gasteiger partial charge >= 0.3 is 5.97 Å². The second kappa shape index (κ2) is 5.33. The van der Waals surface area contributed by atoms with Crippen LogP contribution in [0.1, 0.15) is 23.2 Å². The van der Waals surface area contributed by atoms with Crippen LogP contribution in [0, 0.1) is 5.92 Å². The Morgan fingerprint density at radius 3 is 2.78 bits per heavy atom. The number of carbonyl (C=O) groups excluding carboxylic acids is 2. The molecule has 0 atom stereocenters. The van der Waals surface area contributed by atoms with Crippen molar-refractivity contribution in [2.75, 3.05) is 6.54 Å². The highest BCUT2D eigenvalue weighted by atomic mass is 16.5. The molecule has 0 aliphatic heterocycles. The number of hydrogen-bond acceptors (Lipinski definition) is 4. The molecular weight excluding hydrogens is 234 g/mol. The summed E-state index contributed by atoms with van der Waals surface area (Å²) in [7, 11) is 0. The van der Waals surface area contributed by atoms with Crippen molar-refractivity contribution in [1.29, 1.82) is 0 Å². The van der Waals surface area contributed by atoms with Crippen LogP contribution >= 0.6 is 0 Å². The number of azide groups is 1. The first kappa shape index (κ1) is 12.1. The van der Waals surface area contributed by atoms with Crippen LogP contribution in [0.5, 0.6) is 5.75 Å². The van der Waals surface area contributed by atoms with E-state index in [1.807, 2.05) is 0 Å². The van der Waals surface area contributed by atoms with E-state index in [2.05, 4.69) is 10.0 Å². The van der Waals surface area contributed by atoms with Gasteiger partial charge in [0.2, 0.25) is 0 Å². The second-order valence-electron chi connectivity index (χ2n) is 4.00. The van der Waals surface area contributed by atoms with Crippen LogP contribution in [0.2, 0.25) is 0 Å². The molecule has 0 spiro atoms. The van der Waals surface area contributed by atoms with Crippen molar-refractivity contribution >= 4 is 11.8 Å². The predicted octanol–water partition coefficient (Wildman–Crippen LogP) is 2.50. The van der Waals surface area contributed by atoms with Gasteiger partial charge in [0, 0.05) is 4.91 Å². The molecule has 0 heterocycles. The molecule has 0 saturated heterocycles. The van der Waals surface area contributed by atoms with Crippen molar-refractivity contribution < 1.29 is 14.3 Å². The molecule has 6 heteroatoms. The van der Waals surface area contributed by atoms with Crippen LogP contribution < -0.4 is 4.74 Å². The molecule has 0 radical (unpaired) electrons. The number of carbonyl (C=O) groups is 2. The summed E-state index contributed by atoms with van der Waals surface area (Å²) in [6, 6.07) is 6.45. The fraction of sp³-hybridized carbons (Fsp3) is 0.333. The van der Waals surface area contributed by atoms with E-state index in [0.717, 1.165) is 12.8 Å². The summed E-state index contributed by atoms with van der Waals surface area (Å²) in [5.41, 5.74) is 8.44. The summed E-state index contributed by atoms with van der Waals surface area (Å²) in [5, 5.41) is 3.21. The molecule has 92 valence electrons. The summed E-state index contributed by atoms with van der Waals surface area (Å²) >= 11 is 0. The molecule has 0 bridgehead atoms. The number of para-hydroxylation sites is 1. The van der Waals surface area contributed by atoms with Crippen molar-refractivity contribution in [3.05, 3.63) is 40.3 Å². The van der Waals surface area contributed by atoms with E-state index in [-0.39, 0.29) is 35.5 Å². The fourth-order valence-electron chi connectivity index (χ4n) is 1.48. The SMILES string of the molecule is [N-]=[N+]=NCC(=O)c1ccccc1OC(=O)C1CC1. The van der Waals surface area contributed by atoms with Gasteiger partial charge in [0.15, 0.2) is 5.78 Å². The van der Waals surface area contributed by atoms with Crippen LogP contribution in [0.15, 0.2) is 29.4 Å². The zero-order chi connectivity index (χ0) is 13.0. The molecule has 1 fully saturated rings. The largest absolute Gasteiger partial charge is 0.426 e. The molecule has 1 aromatic rings. The van der Waals surface area contributed by atoms with E-state index in [4.69, 9.17) is 10.3 Å². The van der Waals surface area contributed by atoms with Crippen LogP contribution in [0.3, 0.4) is 0 Å². The van der Waals surface area contributed by atoms with E-state index >= 15 is 0 Å². The quantitative estimate of drug-likeness (QED) is 0.199. The Balaban J connectivity index is 2.16. The first-order valence-corrected chi connectivity index (χ1v) is 5.57. The Bertz CT molecular complexity index is 531. The number of benzene rings is 1. The number of ketones is 1. The van der Waals surface area contributed by atoms with Gasteiger partial charge in [-0.2, -0.15) is 0 Å². The predicted molar refractivity (Wildman–Crippen MR) is 63.1 cm³/mol. The minimum atomic E-state index is -0.369. The van der Waals surface area contributed by atoms with Crippen LogP contribution in [0.4, 0.5) is 0 Å². The first-order valence-electron chi connectivity index (χ1n) is 5.57. The Kier molecular flexibility index (Phi) is 3.60. The number of hydrogen-bond donors (Lipinski definition) is 0. The molecule has 18 heavy (non-hydrogen) atoms. The van der Waals surface area contributed by atoms with Crippen LogP contribution in [0.25, 0.3) is 10.4 Å². The van der Waals surface area contributed by atoms with Gasteiger partial charge in [0.05, 0.1) is 18.0 Å². The first-order chi connectivity index (χ1) is 8.72. The molecule has 1 aliphatic carbocycles. The highest BCUT2D eigenvalue weighted by molar-refractivity contribution is 6.00. The molecule has 0 amide bonds. The fourth-order valence-corrected chi connectivity index (χ4v) is 1.48. The minimum Gasteiger partial charge on any atom is -0.426 e. The Labute approximate surface area is 103 Å². The van der Waals surface area contributed by atoms with Gasteiger partial charge in [0.1, 0.15) is 5.75 Å². The monoisotopic (exact) mass is 245 g/mol. The molecular formula is C12H11N3O3. The Morgan fingerprint density at radius 2 is 2.11 bits per heavy atom.